The molecule has 0 unspecified atom stereocenters. The van der Waals surface area contributed by atoms with Gasteiger partial charge in [0.25, 0.3) is 0 Å². The third-order valence-electron chi connectivity index (χ3n) is 3.15. The van der Waals surface area contributed by atoms with E-state index in [2.05, 4.69) is 0 Å². The average Bonchev–Trinajstić information content (AvgIpc) is 2.48. The Hall–Kier alpha value is -2.26. The molecule has 1 aromatic heterocycles. The van der Waals surface area contributed by atoms with Gasteiger partial charge in [-0.15, -0.1) is 0 Å². The van der Waals surface area contributed by atoms with E-state index in [0.29, 0.717) is 32.9 Å². The van der Waals surface area contributed by atoms with Gasteiger partial charge in [0, 0.05) is 16.7 Å². The van der Waals surface area contributed by atoms with Gasteiger partial charge in [0.15, 0.2) is 0 Å². The molecule has 0 aliphatic rings. The van der Waals surface area contributed by atoms with E-state index in [4.69, 9.17) is 20.8 Å². The standard InChI is InChI=1S/C16H11ClO3/c1-19-10-6-7-12-15(8-10)20-9-13(16(12)18)11-4-2-3-5-14(11)17/h2-9H,1H3. The summed E-state index contributed by atoms with van der Waals surface area (Å²) >= 11 is 6.13. The van der Waals surface area contributed by atoms with Crippen molar-refractivity contribution in [3.05, 3.63) is 64.0 Å². The quantitative estimate of drug-likeness (QED) is 0.711. The van der Waals surface area contributed by atoms with Crippen molar-refractivity contribution >= 4 is 22.6 Å². The zero-order chi connectivity index (χ0) is 14.1. The van der Waals surface area contributed by atoms with Crippen molar-refractivity contribution in [2.45, 2.75) is 0 Å². The van der Waals surface area contributed by atoms with Crippen molar-refractivity contribution in [1.82, 2.24) is 0 Å². The van der Waals surface area contributed by atoms with Crippen LogP contribution in [0.25, 0.3) is 22.1 Å². The summed E-state index contributed by atoms with van der Waals surface area (Å²) in [5, 5.41) is 1.02. The monoisotopic (exact) mass is 286 g/mol. The van der Waals surface area contributed by atoms with Gasteiger partial charge in [0.2, 0.25) is 5.43 Å². The van der Waals surface area contributed by atoms with Gasteiger partial charge in [0.05, 0.1) is 18.1 Å². The summed E-state index contributed by atoms with van der Waals surface area (Å²) in [6, 6.07) is 12.3. The molecule has 20 heavy (non-hydrogen) atoms. The summed E-state index contributed by atoms with van der Waals surface area (Å²) in [6.45, 7) is 0. The van der Waals surface area contributed by atoms with E-state index >= 15 is 0 Å². The van der Waals surface area contributed by atoms with Crippen molar-refractivity contribution in [1.29, 1.82) is 0 Å². The molecule has 0 atom stereocenters. The minimum absolute atomic E-state index is 0.109. The van der Waals surface area contributed by atoms with Crippen molar-refractivity contribution in [3.8, 4) is 16.9 Å². The molecule has 2 aromatic carbocycles. The normalized spacial score (nSPS) is 10.7. The summed E-state index contributed by atoms with van der Waals surface area (Å²) in [5.41, 5.74) is 1.50. The van der Waals surface area contributed by atoms with Gasteiger partial charge in [-0.3, -0.25) is 4.79 Å². The minimum atomic E-state index is -0.109. The third kappa shape index (κ3) is 2.06. The van der Waals surface area contributed by atoms with Crippen LogP contribution in [0.1, 0.15) is 0 Å². The number of halogens is 1. The second-order valence-corrected chi connectivity index (χ2v) is 4.73. The molecule has 0 aliphatic carbocycles. The largest absolute Gasteiger partial charge is 0.497 e. The second kappa shape index (κ2) is 5.02. The molecular weight excluding hydrogens is 276 g/mol. The van der Waals surface area contributed by atoms with Crippen LogP contribution in [0.5, 0.6) is 5.75 Å². The van der Waals surface area contributed by atoms with Gasteiger partial charge in [-0.25, -0.2) is 0 Å². The summed E-state index contributed by atoms with van der Waals surface area (Å²) in [7, 11) is 1.57. The molecule has 3 aromatic rings. The Bertz CT molecular complexity index is 836. The van der Waals surface area contributed by atoms with E-state index in [9.17, 15) is 4.79 Å². The third-order valence-corrected chi connectivity index (χ3v) is 3.48. The molecule has 0 saturated carbocycles. The van der Waals surface area contributed by atoms with E-state index in [1.54, 1.807) is 37.4 Å². The zero-order valence-electron chi connectivity index (χ0n) is 10.7. The Labute approximate surface area is 120 Å². The molecule has 0 spiro atoms. The molecule has 100 valence electrons. The number of hydrogen-bond acceptors (Lipinski definition) is 3. The number of hydrogen-bond donors (Lipinski definition) is 0. The SMILES string of the molecule is COc1ccc2c(=O)c(-c3ccccc3Cl)coc2c1. The highest BCUT2D eigenvalue weighted by atomic mass is 35.5. The summed E-state index contributed by atoms with van der Waals surface area (Å²) in [6.07, 6.45) is 1.44. The fourth-order valence-corrected chi connectivity index (χ4v) is 2.34. The van der Waals surface area contributed by atoms with E-state index in [0.717, 1.165) is 0 Å². The van der Waals surface area contributed by atoms with Crippen LogP contribution >= 0.6 is 11.6 Å². The molecule has 1 heterocycles. The Morgan fingerprint density at radius 1 is 1.10 bits per heavy atom. The van der Waals surface area contributed by atoms with Crippen LogP contribution < -0.4 is 10.2 Å². The lowest BCUT2D eigenvalue weighted by Gasteiger charge is -2.05. The van der Waals surface area contributed by atoms with Gasteiger partial charge in [-0.1, -0.05) is 29.8 Å². The van der Waals surface area contributed by atoms with Gasteiger partial charge >= 0.3 is 0 Å². The Kier molecular flexibility index (Phi) is 3.20. The molecule has 3 rings (SSSR count). The molecule has 0 saturated heterocycles. The molecule has 3 nitrogen and oxygen atoms in total. The average molecular weight is 287 g/mol. The Morgan fingerprint density at radius 2 is 1.90 bits per heavy atom. The molecule has 0 fully saturated rings. The van der Waals surface area contributed by atoms with E-state index in [1.807, 2.05) is 12.1 Å². The van der Waals surface area contributed by atoms with Crippen LogP contribution in [0.2, 0.25) is 5.02 Å². The summed E-state index contributed by atoms with van der Waals surface area (Å²) < 4.78 is 10.6. The first-order valence-corrected chi connectivity index (χ1v) is 6.43. The fraction of sp³-hybridized carbons (Fsp3) is 0.0625. The minimum Gasteiger partial charge on any atom is -0.497 e. The molecule has 0 bridgehead atoms. The van der Waals surface area contributed by atoms with E-state index in [1.165, 1.54) is 6.26 Å². The number of rotatable bonds is 2. The molecule has 0 aliphatic heterocycles. The first kappa shape index (κ1) is 12.8. The molecule has 4 heteroatoms. The van der Waals surface area contributed by atoms with Crippen LogP contribution in [0, 0.1) is 0 Å². The zero-order valence-corrected chi connectivity index (χ0v) is 11.5. The molecule has 0 radical (unpaired) electrons. The van der Waals surface area contributed by atoms with Crippen LogP contribution in [0.3, 0.4) is 0 Å². The predicted molar refractivity (Wildman–Crippen MR) is 79.5 cm³/mol. The van der Waals surface area contributed by atoms with Gasteiger partial charge < -0.3 is 9.15 Å². The number of benzene rings is 2. The summed E-state index contributed by atoms with van der Waals surface area (Å²) in [5.74, 6) is 0.645. The lowest BCUT2D eigenvalue weighted by Crippen LogP contribution is -2.05. The molecular formula is C16H11ClO3. The van der Waals surface area contributed by atoms with E-state index < -0.39 is 0 Å². The maximum atomic E-state index is 12.5. The summed E-state index contributed by atoms with van der Waals surface area (Å²) in [4.78, 5) is 12.5. The van der Waals surface area contributed by atoms with Gasteiger partial charge in [-0.2, -0.15) is 0 Å². The molecule has 0 amide bonds. The van der Waals surface area contributed by atoms with Gasteiger partial charge in [-0.05, 0) is 18.2 Å². The first-order valence-electron chi connectivity index (χ1n) is 6.05. The number of ether oxygens (including phenoxy) is 1. The molecule has 0 N–H and O–H groups in total. The lowest BCUT2D eigenvalue weighted by atomic mass is 10.1. The Morgan fingerprint density at radius 3 is 2.65 bits per heavy atom. The van der Waals surface area contributed by atoms with Gasteiger partial charge in [0.1, 0.15) is 17.6 Å². The van der Waals surface area contributed by atoms with Crippen molar-refractivity contribution < 1.29 is 9.15 Å². The predicted octanol–water partition coefficient (Wildman–Crippen LogP) is 4.12. The fourth-order valence-electron chi connectivity index (χ4n) is 2.10. The first-order chi connectivity index (χ1) is 9.70. The van der Waals surface area contributed by atoms with Crippen LogP contribution in [0.4, 0.5) is 0 Å². The van der Waals surface area contributed by atoms with Crippen LogP contribution in [-0.2, 0) is 0 Å². The smallest absolute Gasteiger partial charge is 0.200 e. The maximum absolute atomic E-state index is 12.5. The van der Waals surface area contributed by atoms with Crippen LogP contribution in [0.15, 0.2) is 57.9 Å². The lowest BCUT2D eigenvalue weighted by molar-refractivity contribution is 0.414. The maximum Gasteiger partial charge on any atom is 0.200 e. The van der Waals surface area contributed by atoms with Crippen molar-refractivity contribution in [2.24, 2.45) is 0 Å². The highest BCUT2D eigenvalue weighted by Gasteiger charge is 2.11. The highest BCUT2D eigenvalue weighted by Crippen LogP contribution is 2.27. The van der Waals surface area contributed by atoms with E-state index in [-0.39, 0.29) is 5.43 Å². The number of fused-ring (bicyclic) bond motifs is 1. The van der Waals surface area contributed by atoms with Crippen LogP contribution in [-0.4, -0.2) is 7.11 Å². The van der Waals surface area contributed by atoms with Crippen molar-refractivity contribution in [3.63, 3.8) is 0 Å². The topological polar surface area (TPSA) is 39.4 Å². The second-order valence-electron chi connectivity index (χ2n) is 4.32. The van der Waals surface area contributed by atoms with Crippen molar-refractivity contribution in [2.75, 3.05) is 7.11 Å². The Balaban J connectivity index is 2.27. The number of methoxy groups -OCH3 is 1. The highest BCUT2D eigenvalue weighted by molar-refractivity contribution is 6.33.